The third-order valence-corrected chi connectivity index (χ3v) is 8.20. The van der Waals surface area contributed by atoms with Crippen molar-refractivity contribution in [2.45, 2.75) is 30.4 Å². The van der Waals surface area contributed by atoms with Gasteiger partial charge in [-0.1, -0.05) is 72.6 Å². The Bertz CT molecular complexity index is 1610. The first-order valence-corrected chi connectivity index (χ1v) is 14.8. The molecule has 0 spiro atoms. The van der Waals surface area contributed by atoms with Crippen LogP contribution in [0.3, 0.4) is 0 Å². The highest BCUT2D eigenvalue weighted by Crippen LogP contribution is 2.29. The van der Waals surface area contributed by atoms with Crippen LogP contribution < -0.4 is 16.0 Å². The van der Waals surface area contributed by atoms with E-state index >= 15 is 0 Å². The normalized spacial score (nSPS) is 11.9. The molecule has 9 heteroatoms. The molecular weight excluding hydrogens is 589 g/mol. The zero-order valence-electron chi connectivity index (χ0n) is 23.0. The molecule has 0 aromatic heterocycles. The van der Waals surface area contributed by atoms with Gasteiger partial charge in [-0.15, -0.1) is 11.8 Å². The number of amides is 3. The molecule has 3 amide bonds. The van der Waals surface area contributed by atoms with Crippen molar-refractivity contribution in [3.63, 3.8) is 0 Å². The van der Waals surface area contributed by atoms with Crippen molar-refractivity contribution >= 4 is 70.1 Å². The van der Waals surface area contributed by atoms with E-state index in [2.05, 4.69) is 16.0 Å². The Hall–Kier alpha value is -4.04. The minimum absolute atomic E-state index is 0.0619. The molecule has 6 nitrogen and oxygen atoms in total. The van der Waals surface area contributed by atoms with E-state index in [0.29, 0.717) is 39.0 Å². The van der Waals surface area contributed by atoms with E-state index in [0.717, 1.165) is 10.5 Å². The summed E-state index contributed by atoms with van der Waals surface area (Å²) in [5, 5.41) is 9.29. The highest BCUT2D eigenvalue weighted by molar-refractivity contribution is 8.00. The zero-order valence-corrected chi connectivity index (χ0v) is 25.3. The summed E-state index contributed by atoms with van der Waals surface area (Å²) < 4.78 is 0. The number of rotatable bonds is 10. The first kappa shape index (κ1) is 30.9. The molecule has 4 rings (SSSR count). The maximum atomic E-state index is 13.4. The molecule has 214 valence electrons. The number of hydrogen-bond acceptors (Lipinski definition) is 4. The van der Waals surface area contributed by atoms with E-state index in [9.17, 15) is 14.4 Å². The highest BCUT2D eigenvalue weighted by Gasteiger charge is 2.20. The van der Waals surface area contributed by atoms with Gasteiger partial charge < -0.3 is 16.0 Å². The van der Waals surface area contributed by atoms with Gasteiger partial charge in [-0.05, 0) is 85.1 Å². The van der Waals surface area contributed by atoms with Crippen molar-refractivity contribution in [3.8, 4) is 0 Å². The fourth-order valence-corrected chi connectivity index (χ4v) is 5.21. The van der Waals surface area contributed by atoms with Crippen LogP contribution in [0, 0.1) is 6.92 Å². The summed E-state index contributed by atoms with van der Waals surface area (Å²) in [7, 11) is 0. The summed E-state index contributed by atoms with van der Waals surface area (Å²) in [6, 6.07) is 28.2. The summed E-state index contributed by atoms with van der Waals surface area (Å²) >= 11 is 13.6. The Morgan fingerprint density at radius 3 is 2.24 bits per heavy atom. The van der Waals surface area contributed by atoms with Crippen LogP contribution in [0.2, 0.25) is 10.0 Å². The topological polar surface area (TPSA) is 87.3 Å². The second kappa shape index (κ2) is 14.7. The van der Waals surface area contributed by atoms with Gasteiger partial charge in [0.2, 0.25) is 5.91 Å². The molecule has 0 radical (unpaired) electrons. The number of anilines is 2. The highest BCUT2D eigenvalue weighted by atomic mass is 35.5. The molecule has 0 aliphatic carbocycles. The quantitative estimate of drug-likeness (QED) is 0.124. The number of thioether (sulfide) groups is 1. The van der Waals surface area contributed by atoms with Crippen molar-refractivity contribution < 1.29 is 14.4 Å². The molecule has 0 heterocycles. The maximum absolute atomic E-state index is 13.4. The molecule has 0 saturated heterocycles. The van der Waals surface area contributed by atoms with Crippen LogP contribution in [0.25, 0.3) is 6.08 Å². The average molecular weight is 619 g/mol. The van der Waals surface area contributed by atoms with Crippen LogP contribution in [0.15, 0.2) is 108 Å². The van der Waals surface area contributed by atoms with E-state index < -0.39 is 11.8 Å². The van der Waals surface area contributed by atoms with Crippen molar-refractivity contribution in [1.29, 1.82) is 0 Å². The van der Waals surface area contributed by atoms with E-state index in [1.807, 2.05) is 38.1 Å². The smallest absolute Gasteiger partial charge is 0.272 e. The van der Waals surface area contributed by atoms with Gasteiger partial charge in [0, 0.05) is 31.9 Å². The lowest BCUT2D eigenvalue weighted by Crippen LogP contribution is -2.30. The molecule has 1 unspecified atom stereocenters. The SMILES string of the molecule is CCC(Sc1cccc(NC(=O)/C(=C/c2ccc(Cl)cc2)NC(=O)c2ccccc2)c1)C(=O)Nc1ccc(C)c(Cl)c1. The summed E-state index contributed by atoms with van der Waals surface area (Å²) in [6.45, 7) is 3.84. The lowest BCUT2D eigenvalue weighted by molar-refractivity contribution is -0.116. The second-order valence-electron chi connectivity index (χ2n) is 9.38. The predicted molar refractivity (Wildman–Crippen MR) is 173 cm³/mol. The van der Waals surface area contributed by atoms with Crippen LogP contribution in [0.4, 0.5) is 11.4 Å². The molecule has 0 fully saturated rings. The number of benzene rings is 4. The first-order chi connectivity index (χ1) is 20.2. The number of carbonyl (C=O) groups excluding carboxylic acids is 3. The molecule has 0 aliphatic heterocycles. The van der Waals surface area contributed by atoms with E-state index in [-0.39, 0.29) is 16.9 Å². The van der Waals surface area contributed by atoms with Gasteiger partial charge in [0.15, 0.2) is 0 Å². The molecule has 42 heavy (non-hydrogen) atoms. The summed E-state index contributed by atoms with van der Waals surface area (Å²) in [4.78, 5) is 40.1. The van der Waals surface area contributed by atoms with E-state index in [1.165, 1.54) is 11.8 Å². The van der Waals surface area contributed by atoms with Crippen molar-refractivity contribution in [3.05, 3.63) is 129 Å². The Kier molecular flexibility index (Phi) is 10.8. The molecular formula is C33H29Cl2N3O3S. The Morgan fingerprint density at radius 1 is 0.833 bits per heavy atom. The third-order valence-electron chi connectivity index (χ3n) is 6.18. The Morgan fingerprint density at radius 2 is 1.55 bits per heavy atom. The lowest BCUT2D eigenvalue weighted by Gasteiger charge is -2.16. The summed E-state index contributed by atoms with van der Waals surface area (Å²) in [6.07, 6.45) is 2.17. The Balaban J connectivity index is 1.49. The maximum Gasteiger partial charge on any atom is 0.272 e. The minimum Gasteiger partial charge on any atom is -0.325 e. The van der Waals surface area contributed by atoms with Crippen LogP contribution in [-0.2, 0) is 9.59 Å². The van der Waals surface area contributed by atoms with E-state index in [4.69, 9.17) is 23.2 Å². The van der Waals surface area contributed by atoms with Crippen LogP contribution in [0.1, 0.15) is 34.8 Å². The van der Waals surface area contributed by atoms with Gasteiger partial charge in [0.25, 0.3) is 11.8 Å². The van der Waals surface area contributed by atoms with Gasteiger partial charge in [-0.2, -0.15) is 0 Å². The van der Waals surface area contributed by atoms with Crippen molar-refractivity contribution in [2.24, 2.45) is 0 Å². The fraction of sp³-hybridized carbons (Fsp3) is 0.121. The first-order valence-electron chi connectivity index (χ1n) is 13.2. The average Bonchev–Trinajstić information content (AvgIpc) is 2.99. The second-order valence-corrected chi connectivity index (χ2v) is 11.5. The fourth-order valence-electron chi connectivity index (χ4n) is 3.89. The number of halogens is 2. The standard InChI is InChI=1S/C33H29Cl2N3O3S/c1-3-30(33(41)37-26-17-12-21(2)28(35)20-26)42-27-11-7-10-25(19-27)36-32(40)29(18-22-13-15-24(34)16-14-22)38-31(39)23-8-5-4-6-9-23/h4-20,30H,3H2,1-2H3,(H,36,40)(H,37,41)(H,38,39)/b29-18-. The monoisotopic (exact) mass is 617 g/mol. The number of nitrogens with one attached hydrogen (secondary N) is 3. The van der Waals surface area contributed by atoms with Crippen molar-refractivity contribution in [1.82, 2.24) is 5.32 Å². The molecule has 3 N–H and O–H groups in total. The van der Waals surface area contributed by atoms with Gasteiger partial charge >= 0.3 is 0 Å². The summed E-state index contributed by atoms with van der Waals surface area (Å²) in [5.74, 6) is -1.06. The van der Waals surface area contributed by atoms with Crippen molar-refractivity contribution in [2.75, 3.05) is 10.6 Å². The number of carbonyl (C=O) groups is 3. The van der Waals surface area contributed by atoms with Gasteiger partial charge in [-0.25, -0.2) is 0 Å². The van der Waals surface area contributed by atoms with Gasteiger partial charge in [0.05, 0.1) is 5.25 Å². The molecule has 4 aromatic carbocycles. The van der Waals surface area contributed by atoms with Crippen LogP contribution in [0.5, 0.6) is 0 Å². The third kappa shape index (κ3) is 8.73. The Labute approximate surface area is 259 Å². The minimum atomic E-state index is -0.502. The lowest BCUT2D eigenvalue weighted by atomic mass is 10.1. The molecule has 1 atom stereocenters. The zero-order chi connectivity index (χ0) is 30.1. The van der Waals surface area contributed by atoms with Gasteiger partial charge in [0.1, 0.15) is 5.70 Å². The van der Waals surface area contributed by atoms with Crippen LogP contribution >= 0.6 is 35.0 Å². The molecule has 0 aliphatic rings. The number of hydrogen-bond donors (Lipinski definition) is 3. The van der Waals surface area contributed by atoms with E-state index in [1.54, 1.807) is 78.9 Å². The largest absolute Gasteiger partial charge is 0.325 e. The summed E-state index contributed by atoms with van der Waals surface area (Å²) in [5.41, 5.74) is 3.25. The molecule has 0 saturated carbocycles. The van der Waals surface area contributed by atoms with Crippen LogP contribution in [-0.4, -0.2) is 23.0 Å². The predicted octanol–water partition coefficient (Wildman–Crippen LogP) is 8.22. The number of aryl methyl sites for hydroxylation is 1. The van der Waals surface area contributed by atoms with Gasteiger partial charge in [-0.3, -0.25) is 14.4 Å². The molecule has 4 aromatic rings. The molecule has 0 bridgehead atoms.